The topological polar surface area (TPSA) is 80.0 Å². The number of thiazole rings is 1. The fourth-order valence-electron chi connectivity index (χ4n) is 3.22. The van der Waals surface area contributed by atoms with Crippen molar-refractivity contribution in [2.24, 2.45) is 0 Å². The summed E-state index contributed by atoms with van der Waals surface area (Å²) in [6, 6.07) is 14.8. The van der Waals surface area contributed by atoms with Crippen molar-refractivity contribution >= 4 is 51.7 Å². The van der Waals surface area contributed by atoms with Gasteiger partial charge in [-0.05, 0) is 48.6 Å². The summed E-state index contributed by atoms with van der Waals surface area (Å²) in [6.07, 6.45) is 3.96. The number of carbonyl (C=O) groups excluding carboxylic acids is 1. The molecule has 0 fully saturated rings. The van der Waals surface area contributed by atoms with Crippen molar-refractivity contribution < 1.29 is 4.79 Å². The standard InChI is InChI=1S/C21H15ClN6OS2/c22-15-5-1-14(2-6-15)19-25-26-20(30)28(19)12-18(29)23-16-7-3-13(4-8-16)17-11-27-9-10-31-21(27)24-17/h1-11H,12H2,(H,23,29)(H,26,30). The van der Waals surface area contributed by atoms with Gasteiger partial charge < -0.3 is 5.32 Å². The van der Waals surface area contributed by atoms with Gasteiger partial charge in [-0.1, -0.05) is 23.7 Å². The molecule has 7 nitrogen and oxygen atoms in total. The molecular weight excluding hydrogens is 452 g/mol. The summed E-state index contributed by atoms with van der Waals surface area (Å²) in [6.45, 7) is 0.0341. The molecule has 0 atom stereocenters. The Hall–Kier alpha value is -3.27. The highest BCUT2D eigenvalue weighted by molar-refractivity contribution is 7.71. The summed E-state index contributed by atoms with van der Waals surface area (Å²) >= 11 is 12.8. The van der Waals surface area contributed by atoms with Crippen LogP contribution in [0.2, 0.25) is 5.02 Å². The fraction of sp³-hybridized carbons (Fsp3) is 0.0476. The highest BCUT2D eigenvalue weighted by atomic mass is 35.5. The summed E-state index contributed by atoms with van der Waals surface area (Å²) < 4.78 is 4.01. The molecule has 0 bridgehead atoms. The summed E-state index contributed by atoms with van der Waals surface area (Å²) in [4.78, 5) is 18.2. The van der Waals surface area contributed by atoms with Crippen LogP contribution in [0.4, 0.5) is 5.69 Å². The number of hydrogen-bond donors (Lipinski definition) is 2. The number of hydrogen-bond acceptors (Lipinski definition) is 5. The number of benzene rings is 2. The van der Waals surface area contributed by atoms with E-state index in [0.29, 0.717) is 21.3 Å². The van der Waals surface area contributed by atoms with E-state index in [1.54, 1.807) is 28.0 Å². The first-order valence-electron chi connectivity index (χ1n) is 9.30. The van der Waals surface area contributed by atoms with Crippen molar-refractivity contribution in [3.05, 3.63) is 76.1 Å². The van der Waals surface area contributed by atoms with Gasteiger partial charge in [0.15, 0.2) is 15.6 Å². The Morgan fingerprint density at radius 1 is 1.13 bits per heavy atom. The Balaban J connectivity index is 1.31. The molecule has 5 aromatic rings. The summed E-state index contributed by atoms with van der Waals surface area (Å²) in [5, 5.41) is 12.5. The molecule has 3 heterocycles. The second-order valence-electron chi connectivity index (χ2n) is 6.79. The lowest BCUT2D eigenvalue weighted by molar-refractivity contribution is -0.116. The van der Waals surface area contributed by atoms with E-state index in [9.17, 15) is 4.79 Å². The third-order valence-electron chi connectivity index (χ3n) is 4.72. The maximum absolute atomic E-state index is 12.7. The lowest BCUT2D eigenvalue weighted by Gasteiger charge is -2.09. The van der Waals surface area contributed by atoms with Crippen LogP contribution in [0.5, 0.6) is 0 Å². The number of nitrogens with one attached hydrogen (secondary N) is 2. The van der Waals surface area contributed by atoms with Crippen molar-refractivity contribution in [1.82, 2.24) is 24.1 Å². The molecule has 0 radical (unpaired) electrons. The van der Waals surface area contributed by atoms with Gasteiger partial charge in [0, 0.05) is 39.6 Å². The van der Waals surface area contributed by atoms with Crippen molar-refractivity contribution in [1.29, 1.82) is 0 Å². The van der Waals surface area contributed by atoms with E-state index in [0.717, 1.165) is 21.8 Å². The molecule has 0 aliphatic heterocycles. The lowest BCUT2D eigenvalue weighted by Crippen LogP contribution is -2.19. The largest absolute Gasteiger partial charge is 0.325 e. The van der Waals surface area contributed by atoms with E-state index in [2.05, 4.69) is 20.5 Å². The average Bonchev–Trinajstić information content (AvgIpc) is 3.45. The van der Waals surface area contributed by atoms with Crippen LogP contribution in [0.25, 0.3) is 27.6 Å². The number of nitrogens with zero attached hydrogens (tertiary/aromatic N) is 4. The molecule has 0 aliphatic rings. The van der Waals surface area contributed by atoms with E-state index in [1.165, 1.54) is 0 Å². The number of carbonyl (C=O) groups is 1. The average molecular weight is 467 g/mol. The number of fused-ring (bicyclic) bond motifs is 1. The zero-order chi connectivity index (χ0) is 21.4. The van der Waals surface area contributed by atoms with Crippen LogP contribution in [-0.4, -0.2) is 30.1 Å². The highest BCUT2D eigenvalue weighted by Crippen LogP contribution is 2.23. The summed E-state index contributed by atoms with van der Waals surface area (Å²) in [5.74, 6) is 0.370. The van der Waals surface area contributed by atoms with Gasteiger partial charge in [0.1, 0.15) is 6.54 Å². The first-order chi connectivity index (χ1) is 15.1. The second kappa shape index (κ2) is 8.10. The smallest absolute Gasteiger partial charge is 0.244 e. The van der Waals surface area contributed by atoms with Gasteiger partial charge >= 0.3 is 0 Å². The Morgan fingerprint density at radius 3 is 2.61 bits per heavy atom. The molecule has 0 spiro atoms. The molecule has 5 rings (SSSR count). The monoisotopic (exact) mass is 466 g/mol. The predicted octanol–water partition coefficient (Wildman–Crippen LogP) is 5.28. The minimum Gasteiger partial charge on any atom is -0.325 e. The number of halogens is 1. The summed E-state index contributed by atoms with van der Waals surface area (Å²) in [5.41, 5.74) is 3.38. The third kappa shape index (κ3) is 4.02. The molecule has 2 aromatic carbocycles. The van der Waals surface area contributed by atoms with Crippen molar-refractivity contribution in [3.63, 3.8) is 0 Å². The molecular formula is C21H15ClN6OS2. The second-order valence-corrected chi connectivity index (χ2v) is 8.49. The molecule has 0 saturated heterocycles. The van der Waals surface area contributed by atoms with Gasteiger partial charge in [-0.15, -0.1) is 11.3 Å². The van der Waals surface area contributed by atoms with E-state index < -0.39 is 0 Å². The maximum atomic E-state index is 12.7. The van der Waals surface area contributed by atoms with Gasteiger partial charge in [0.25, 0.3) is 0 Å². The van der Waals surface area contributed by atoms with Gasteiger partial charge in [-0.3, -0.25) is 18.9 Å². The van der Waals surface area contributed by atoms with Crippen LogP contribution < -0.4 is 5.32 Å². The van der Waals surface area contributed by atoms with Crippen LogP contribution in [0, 0.1) is 4.77 Å². The number of aromatic amines is 1. The predicted molar refractivity (Wildman–Crippen MR) is 125 cm³/mol. The molecule has 0 saturated carbocycles. The Labute approximate surface area is 191 Å². The molecule has 31 heavy (non-hydrogen) atoms. The number of imidazole rings is 1. The van der Waals surface area contributed by atoms with Crippen molar-refractivity contribution in [3.8, 4) is 22.6 Å². The van der Waals surface area contributed by atoms with Crippen molar-refractivity contribution in [2.45, 2.75) is 6.54 Å². The van der Waals surface area contributed by atoms with Crippen LogP contribution in [0.3, 0.4) is 0 Å². The van der Waals surface area contributed by atoms with Gasteiger partial charge in [0.05, 0.1) is 5.69 Å². The Bertz CT molecular complexity index is 1400. The minimum absolute atomic E-state index is 0.0341. The van der Waals surface area contributed by atoms with Gasteiger partial charge in [0.2, 0.25) is 5.91 Å². The third-order valence-corrected chi connectivity index (χ3v) is 6.05. The maximum Gasteiger partial charge on any atom is 0.244 e. The molecule has 154 valence electrons. The van der Waals surface area contributed by atoms with Crippen LogP contribution >= 0.6 is 35.2 Å². The van der Waals surface area contributed by atoms with Crippen LogP contribution in [0.1, 0.15) is 0 Å². The number of amides is 1. The van der Waals surface area contributed by atoms with Gasteiger partial charge in [-0.2, -0.15) is 5.10 Å². The van der Waals surface area contributed by atoms with E-state index in [4.69, 9.17) is 23.8 Å². The zero-order valence-corrected chi connectivity index (χ0v) is 18.3. The molecule has 3 aromatic heterocycles. The molecule has 10 heteroatoms. The molecule has 2 N–H and O–H groups in total. The van der Waals surface area contributed by atoms with E-state index >= 15 is 0 Å². The van der Waals surface area contributed by atoms with E-state index in [-0.39, 0.29) is 12.5 Å². The number of anilines is 1. The van der Waals surface area contributed by atoms with Crippen LogP contribution in [-0.2, 0) is 11.3 Å². The van der Waals surface area contributed by atoms with Crippen molar-refractivity contribution in [2.75, 3.05) is 5.32 Å². The number of H-pyrrole nitrogens is 1. The first-order valence-corrected chi connectivity index (χ1v) is 11.0. The molecule has 0 aliphatic carbocycles. The van der Waals surface area contributed by atoms with Crippen LogP contribution in [0.15, 0.2) is 66.3 Å². The quantitative estimate of drug-likeness (QED) is 0.345. The highest BCUT2D eigenvalue weighted by Gasteiger charge is 2.13. The van der Waals surface area contributed by atoms with Gasteiger partial charge in [-0.25, -0.2) is 4.98 Å². The van der Waals surface area contributed by atoms with E-state index in [1.807, 2.05) is 58.6 Å². The number of rotatable bonds is 5. The normalized spacial score (nSPS) is 11.1. The fourth-order valence-corrected chi connectivity index (χ4v) is 4.24. The minimum atomic E-state index is -0.206. The molecule has 0 unspecified atom stereocenters. The molecule has 1 amide bonds. The Kier molecular flexibility index (Phi) is 5.14. The SMILES string of the molecule is O=C(Cn1c(-c2ccc(Cl)cc2)n[nH]c1=S)Nc1ccc(-c2cn3ccsc3n2)cc1. The first kappa shape index (κ1) is 19.7. The Morgan fingerprint density at radius 2 is 1.87 bits per heavy atom. The lowest BCUT2D eigenvalue weighted by atomic mass is 10.1. The number of aromatic nitrogens is 5. The zero-order valence-electron chi connectivity index (χ0n) is 15.9. The summed E-state index contributed by atoms with van der Waals surface area (Å²) in [7, 11) is 0.